The first-order chi connectivity index (χ1) is 12.2. The van der Waals surface area contributed by atoms with E-state index >= 15 is 0 Å². The van der Waals surface area contributed by atoms with Gasteiger partial charge in [-0.3, -0.25) is 9.59 Å². The Morgan fingerprint density at radius 2 is 2.16 bits per heavy atom. The molecule has 5 heteroatoms. The summed E-state index contributed by atoms with van der Waals surface area (Å²) in [5.41, 5.74) is 1.79. The van der Waals surface area contributed by atoms with Gasteiger partial charge in [-0.25, -0.2) is 0 Å². The Morgan fingerprint density at radius 1 is 1.28 bits per heavy atom. The predicted molar refractivity (Wildman–Crippen MR) is 94.1 cm³/mol. The summed E-state index contributed by atoms with van der Waals surface area (Å²) in [5.74, 6) is 0.816. The first kappa shape index (κ1) is 16.6. The van der Waals surface area contributed by atoms with Gasteiger partial charge in [-0.05, 0) is 43.4 Å². The van der Waals surface area contributed by atoms with Crippen molar-refractivity contribution in [3.63, 3.8) is 0 Å². The summed E-state index contributed by atoms with van der Waals surface area (Å²) in [7, 11) is 0. The fourth-order valence-electron chi connectivity index (χ4n) is 3.85. The van der Waals surface area contributed by atoms with Gasteiger partial charge in [0.2, 0.25) is 5.91 Å². The third-order valence-electron chi connectivity index (χ3n) is 5.45. The molecular weight excluding hydrogens is 316 g/mol. The van der Waals surface area contributed by atoms with Gasteiger partial charge in [-0.2, -0.15) is 0 Å². The van der Waals surface area contributed by atoms with Crippen molar-refractivity contribution in [3.8, 4) is 0 Å². The maximum Gasteiger partial charge on any atom is 0.254 e. The molecule has 0 spiro atoms. The molecule has 0 bridgehead atoms. The van der Waals surface area contributed by atoms with E-state index < -0.39 is 0 Å². The number of rotatable bonds is 6. The van der Waals surface area contributed by atoms with Gasteiger partial charge in [0.25, 0.3) is 5.91 Å². The smallest absolute Gasteiger partial charge is 0.254 e. The monoisotopic (exact) mass is 342 g/mol. The van der Waals surface area contributed by atoms with Crippen molar-refractivity contribution < 1.29 is 14.3 Å². The topological polar surface area (TPSA) is 49.9 Å². The Hall–Kier alpha value is -1.88. The van der Waals surface area contributed by atoms with Gasteiger partial charge in [0.05, 0.1) is 6.61 Å². The molecule has 2 amide bonds. The number of hydrogen-bond acceptors (Lipinski definition) is 3. The number of carbonyl (C=O) groups is 2. The van der Waals surface area contributed by atoms with Crippen molar-refractivity contribution in [1.29, 1.82) is 0 Å². The van der Waals surface area contributed by atoms with Crippen LogP contribution in [0.5, 0.6) is 0 Å². The zero-order chi connectivity index (χ0) is 17.2. The van der Waals surface area contributed by atoms with Crippen LogP contribution in [0.4, 0.5) is 0 Å². The second-order valence-electron chi connectivity index (χ2n) is 7.54. The first-order valence-electron chi connectivity index (χ1n) is 9.46. The van der Waals surface area contributed by atoms with Gasteiger partial charge in [0, 0.05) is 50.2 Å². The number of likely N-dealkylation sites (tertiary alicyclic amines) is 1. The van der Waals surface area contributed by atoms with E-state index in [2.05, 4.69) is 4.90 Å². The van der Waals surface area contributed by atoms with Crippen molar-refractivity contribution >= 4 is 11.8 Å². The Balaban J connectivity index is 1.46. The van der Waals surface area contributed by atoms with Crippen LogP contribution in [0.2, 0.25) is 0 Å². The predicted octanol–water partition coefficient (Wildman–Crippen LogP) is 2.45. The third kappa shape index (κ3) is 3.87. The van der Waals surface area contributed by atoms with Gasteiger partial charge in [0.15, 0.2) is 0 Å². The lowest BCUT2D eigenvalue weighted by Gasteiger charge is -2.25. The summed E-state index contributed by atoms with van der Waals surface area (Å²) in [6.07, 6.45) is 4.87. The largest absolute Gasteiger partial charge is 0.381 e. The van der Waals surface area contributed by atoms with Crippen molar-refractivity contribution in [2.45, 2.75) is 44.7 Å². The molecule has 134 valence electrons. The molecule has 25 heavy (non-hydrogen) atoms. The molecule has 1 aromatic rings. The Morgan fingerprint density at radius 3 is 2.84 bits per heavy atom. The van der Waals surface area contributed by atoms with Gasteiger partial charge >= 0.3 is 0 Å². The minimum Gasteiger partial charge on any atom is -0.381 e. The number of nitrogens with zero attached hydrogens (tertiary/aromatic N) is 2. The maximum atomic E-state index is 13.1. The Labute approximate surface area is 148 Å². The van der Waals surface area contributed by atoms with Crippen molar-refractivity contribution in [3.05, 3.63) is 35.4 Å². The van der Waals surface area contributed by atoms with Crippen LogP contribution in [0.15, 0.2) is 24.3 Å². The van der Waals surface area contributed by atoms with Crippen molar-refractivity contribution in [1.82, 2.24) is 9.80 Å². The molecule has 5 nitrogen and oxygen atoms in total. The van der Waals surface area contributed by atoms with Gasteiger partial charge in [-0.1, -0.05) is 12.1 Å². The molecule has 1 aromatic carbocycles. The van der Waals surface area contributed by atoms with Crippen LogP contribution in [0.1, 0.15) is 48.0 Å². The first-order valence-corrected chi connectivity index (χ1v) is 9.46. The Bertz CT molecular complexity index is 650. The quantitative estimate of drug-likeness (QED) is 0.798. The maximum absolute atomic E-state index is 13.1. The fraction of sp³-hybridized carbons (Fsp3) is 0.600. The summed E-state index contributed by atoms with van der Waals surface area (Å²) in [4.78, 5) is 28.8. The van der Waals surface area contributed by atoms with Crippen LogP contribution >= 0.6 is 0 Å². The highest BCUT2D eigenvalue weighted by Crippen LogP contribution is 2.30. The second-order valence-corrected chi connectivity index (χ2v) is 7.54. The molecule has 3 aliphatic rings. The molecule has 2 saturated heterocycles. The summed E-state index contributed by atoms with van der Waals surface area (Å²) < 4.78 is 5.47. The summed E-state index contributed by atoms with van der Waals surface area (Å²) in [6.45, 7) is 3.83. The highest BCUT2D eigenvalue weighted by molar-refractivity contribution is 5.94. The normalized spacial score (nSPS) is 23.3. The van der Waals surface area contributed by atoms with E-state index in [1.165, 1.54) is 0 Å². The minimum atomic E-state index is 0.129. The number of benzene rings is 1. The van der Waals surface area contributed by atoms with E-state index in [1.807, 2.05) is 29.2 Å². The number of hydrogen-bond donors (Lipinski definition) is 0. The van der Waals surface area contributed by atoms with E-state index in [4.69, 9.17) is 4.74 Å². The molecule has 1 atom stereocenters. The Kier molecular flexibility index (Phi) is 4.75. The molecule has 1 saturated carbocycles. The van der Waals surface area contributed by atoms with Gasteiger partial charge in [-0.15, -0.1) is 0 Å². The van der Waals surface area contributed by atoms with E-state index in [9.17, 15) is 9.59 Å². The minimum absolute atomic E-state index is 0.129. The van der Waals surface area contributed by atoms with Crippen LogP contribution < -0.4 is 0 Å². The SMILES string of the molecule is O=C1CCCN1Cc1cccc(C(=O)N(C[C@H]2CCOC2)C2CC2)c1. The summed E-state index contributed by atoms with van der Waals surface area (Å²) in [6, 6.07) is 8.21. The lowest BCUT2D eigenvalue weighted by Crippen LogP contribution is -2.37. The van der Waals surface area contributed by atoms with Crippen LogP contribution in [0.3, 0.4) is 0 Å². The van der Waals surface area contributed by atoms with Crippen LogP contribution in [-0.4, -0.2) is 54.0 Å². The molecule has 2 heterocycles. The van der Waals surface area contributed by atoms with E-state index in [1.54, 1.807) is 0 Å². The van der Waals surface area contributed by atoms with E-state index in [0.29, 0.717) is 24.9 Å². The third-order valence-corrected chi connectivity index (χ3v) is 5.45. The number of carbonyl (C=O) groups excluding carboxylic acids is 2. The lowest BCUT2D eigenvalue weighted by molar-refractivity contribution is -0.128. The molecule has 0 N–H and O–H groups in total. The average molecular weight is 342 g/mol. The highest BCUT2D eigenvalue weighted by Gasteiger charge is 2.35. The molecule has 0 unspecified atom stereocenters. The van der Waals surface area contributed by atoms with E-state index in [0.717, 1.165) is 63.1 Å². The zero-order valence-electron chi connectivity index (χ0n) is 14.7. The molecule has 0 radical (unpaired) electrons. The van der Waals surface area contributed by atoms with Gasteiger partial charge < -0.3 is 14.5 Å². The van der Waals surface area contributed by atoms with Crippen molar-refractivity contribution in [2.75, 3.05) is 26.3 Å². The van der Waals surface area contributed by atoms with Crippen molar-refractivity contribution in [2.24, 2.45) is 5.92 Å². The molecule has 2 aliphatic heterocycles. The standard InChI is InChI=1S/C20H26N2O3/c23-19-5-2-9-21(19)12-15-3-1-4-17(11-15)20(24)22(18-6-7-18)13-16-8-10-25-14-16/h1,3-4,11,16,18H,2,5-10,12-14H2/t16-/m1/s1. The molecule has 4 rings (SSSR count). The van der Waals surface area contributed by atoms with Crippen LogP contribution in [0, 0.1) is 5.92 Å². The number of ether oxygens (including phenoxy) is 1. The van der Waals surface area contributed by atoms with E-state index in [-0.39, 0.29) is 11.8 Å². The molecule has 0 aromatic heterocycles. The lowest BCUT2D eigenvalue weighted by atomic mass is 10.1. The van der Waals surface area contributed by atoms with Gasteiger partial charge in [0.1, 0.15) is 0 Å². The highest BCUT2D eigenvalue weighted by atomic mass is 16.5. The zero-order valence-corrected chi connectivity index (χ0v) is 14.7. The van der Waals surface area contributed by atoms with Crippen LogP contribution in [0.25, 0.3) is 0 Å². The molecule has 3 fully saturated rings. The molecular formula is C20H26N2O3. The second kappa shape index (κ2) is 7.16. The number of amides is 2. The molecule has 1 aliphatic carbocycles. The fourth-order valence-corrected chi connectivity index (χ4v) is 3.85. The average Bonchev–Trinajstić information content (AvgIpc) is 3.19. The summed E-state index contributed by atoms with van der Waals surface area (Å²) in [5, 5.41) is 0. The van der Waals surface area contributed by atoms with Crippen LogP contribution in [-0.2, 0) is 16.1 Å². The summed E-state index contributed by atoms with van der Waals surface area (Å²) >= 11 is 0.